The van der Waals surface area contributed by atoms with Gasteiger partial charge < -0.3 is 14.7 Å². The molecular formula is C16H23NO4. The fourth-order valence-corrected chi connectivity index (χ4v) is 1.99. The first kappa shape index (κ1) is 17.2. The molecule has 0 aromatic heterocycles. The quantitative estimate of drug-likeness (QED) is 0.670. The minimum Gasteiger partial charge on any atom is -0.480 e. The van der Waals surface area contributed by atoms with Gasteiger partial charge in [0.1, 0.15) is 6.54 Å². The van der Waals surface area contributed by atoms with E-state index in [0.29, 0.717) is 39.0 Å². The smallest absolute Gasteiger partial charge is 0.323 e. The van der Waals surface area contributed by atoms with Crippen LogP contribution in [0, 0.1) is 0 Å². The minimum absolute atomic E-state index is 0.131. The second-order valence-electron chi connectivity index (χ2n) is 4.75. The van der Waals surface area contributed by atoms with E-state index in [4.69, 9.17) is 9.84 Å². The molecule has 0 spiro atoms. The summed E-state index contributed by atoms with van der Waals surface area (Å²) in [6.45, 7) is 3.23. The highest BCUT2D eigenvalue weighted by atomic mass is 16.5. The lowest BCUT2D eigenvalue weighted by Crippen LogP contribution is -2.37. The molecule has 0 unspecified atom stereocenters. The second kappa shape index (κ2) is 9.94. The monoisotopic (exact) mass is 293 g/mol. The van der Waals surface area contributed by atoms with E-state index in [1.807, 2.05) is 37.3 Å². The van der Waals surface area contributed by atoms with Crippen molar-refractivity contribution in [3.05, 3.63) is 35.9 Å². The Hall–Kier alpha value is -1.88. The molecule has 0 saturated carbocycles. The lowest BCUT2D eigenvalue weighted by molar-refractivity contribution is -0.144. The largest absolute Gasteiger partial charge is 0.480 e. The Morgan fingerprint density at radius 1 is 1.24 bits per heavy atom. The molecule has 0 radical (unpaired) electrons. The van der Waals surface area contributed by atoms with Gasteiger partial charge in [-0.2, -0.15) is 0 Å². The van der Waals surface area contributed by atoms with Crippen molar-refractivity contribution in [2.75, 3.05) is 26.3 Å². The molecule has 5 nitrogen and oxygen atoms in total. The zero-order valence-corrected chi connectivity index (χ0v) is 12.5. The molecule has 0 heterocycles. The Labute approximate surface area is 125 Å². The summed E-state index contributed by atoms with van der Waals surface area (Å²) in [6, 6.07) is 9.73. The number of amides is 1. The summed E-state index contributed by atoms with van der Waals surface area (Å²) < 4.78 is 5.19. The number of carboxylic acids is 1. The summed E-state index contributed by atoms with van der Waals surface area (Å²) in [5.74, 6) is -1.12. The molecule has 21 heavy (non-hydrogen) atoms. The van der Waals surface area contributed by atoms with Crippen LogP contribution in [0.3, 0.4) is 0 Å². The number of carbonyl (C=O) groups is 2. The predicted molar refractivity (Wildman–Crippen MR) is 80.1 cm³/mol. The third kappa shape index (κ3) is 7.46. The van der Waals surface area contributed by atoms with Crippen LogP contribution < -0.4 is 0 Å². The van der Waals surface area contributed by atoms with Gasteiger partial charge in [-0.3, -0.25) is 9.59 Å². The number of carbonyl (C=O) groups excluding carboxylic acids is 1. The number of ether oxygens (including phenoxy) is 1. The van der Waals surface area contributed by atoms with Crippen LogP contribution in [0.4, 0.5) is 0 Å². The van der Waals surface area contributed by atoms with Crippen molar-refractivity contribution in [3.8, 4) is 0 Å². The van der Waals surface area contributed by atoms with E-state index in [1.165, 1.54) is 4.90 Å². The van der Waals surface area contributed by atoms with E-state index in [2.05, 4.69) is 0 Å². The average Bonchev–Trinajstić information content (AvgIpc) is 2.48. The Bertz CT molecular complexity index is 433. The number of rotatable bonds is 10. The Morgan fingerprint density at radius 2 is 1.95 bits per heavy atom. The third-order valence-corrected chi connectivity index (χ3v) is 3.08. The number of hydrogen-bond donors (Lipinski definition) is 1. The second-order valence-corrected chi connectivity index (χ2v) is 4.75. The summed E-state index contributed by atoms with van der Waals surface area (Å²) in [6.07, 6.45) is 1.60. The Kier molecular flexibility index (Phi) is 8.12. The van der Waals surface area contributed by atoms with Gasteiger partial charge in [-0.15, -0.1) is 0 Å². The number of hydrogen-bond acceptors (Lipinski definition) is 3. The molecular weight excluding hydrogens is 270 g/mol. The molecule has 0 aliphatic carbocycles. The molecule has 116 valence electrons. The number of nitrogens with zero attached hydrogens (tertiary/aromatic N) is 1. The Balaban J connectivity index is 2.46. The molecule has 1 N–H and O–H groups in total. The molecule has 0 aliphatic rings. The van der Waals surface area contributed by atoms with Gasteiger partial charge in [-0.1, -0.05) is 30.3 Å². The number of aliphatic carboxylic acids is 1. The SMILES string of the molecule is CCOCCCC(=O)N(CCc1ccccc1)CC(=O)O. The van der Waals surface area contributed by atoms with Crippen molar-refractivity contribution < 1.29 is 19.4 Å². The highest BCUT2D eigenvalue weighted by Gasteiger charge is 2.16. The summed E-state index contributed by atoms with van der Waals surface area (Å²) >= 11 is 0. The third-order valence-electron chi connectivity index (χ3n) is 3.08. The topological polar surface area (TPSA) is 66.8 Å². The van der Waals surface area contributed by atoms with Crippen LogP contribution in [0.5, 0.6) is 0 Å². The van der Waals surface area contributed by atoms with E-state index in [0.717, 1.165) is 5.56 Å². The van der Waals surface area contributed by atoms with Crippen LogP contribution in [0.15, 0.2) is 30.3 Å². The number of benzene rings is 1. The standard InChI is InChI=1S/C16H23NO4/c1-2-21-12-6-9-15(18)17(13-16(19)20)11-10-14-7-4-3-5-8-14/h3-5,7-8H,2,6,9-13H2,1H3,(H,19,20). The van der Waals surface area contributed by atoms with Crippen LogP contribution in [-0.4, -0.2) is 48.2 Å². The fourth-order valence-electron chi connectivity index (χ4n) is 1.99. The van der Waals surface area contributed by atoms with Gasteiger partial charge in [-0.25, -0.2) is 0 Å². The predicted octanol–water partition coefficient (Wildman–Crippen LogP) is 1.96. The van der Waals surface area contributed by atoms with Crippen LogP contribution in [0.2, 0.25) is 0 Å². The maximum atomic E-state index is 12.1. The first-order valence-corrected chi connectivity index (χ1v) is 7.24. The van der Waals surface area contributed by atoms with Crippen LogP contribution in [0.25, 0.3) is 0 Å². The molecule has 1 amide bonds. The van der Waals surface area contributed by atoms with Gasteiger partial charge in [0, 0.05) is 26.2 Å². The van der Waals surface area contributed by atoms with Crippen LogP contribution in [0.1, 0.15) is 25.3 Å². The molecule has 0 saturated heterocycles. The number of carboxylic acid groups (broad SMARTS) is 1. The minimum atomic E-state index is -0.985. The lowest BCUT2D eigenvalue weighted by atomic mass is 10.1. The summed E-state index contributed by atoms with van der Waals surface area (Å²) in [5, 5.41) is 8.92. The zero-order valence-electron chi connectivity index (χ0n) is 12.5. The van der Waals surface area contributed by atoms with Gasteiger partial charge in [0.05, 0.1) is 0 Å². The normalized spacial score (nSPS) is 10.3. The van der Waals surface area contributed by atoms with Crippen molar-refractivity contribution in [2.45, 2.75) is 26.2 Å². The molecule has 5 heteroatoms. The van der Waals surface area contributed by atoms with Crippen molar-refractivity contribution in [1.82, 2.24) is 4.90 Å². The first-order valence-electron chi connectivity index (χ1n) is 7.24. The molecule has 1 rings (SSSR count). The first-order chi connectivity index (χ1) is 10.1. The van der Waals surface area contributed by atoms with Gasteiger partial charge >= 0.3 is 5.97 Å². The van der Waals surface area contributed by atoms with Gasteiger partial charge in [0.2, 0.25) is 5.91 Å². The van der Waals surface area contributed by atoms with Crippen molar-refractivity contribution >= 4 is 11.9 Å². The van der Waals surface area contributed by atoms with E-state index in [9.17, 15) is 9.59 Å². The fraction of sp³-hybridized carbons (Fsp3) is 0.500. The van der Waals surface area contributed by atoms with Gasteiger partial charge in [0.15, 0.2) is 0 Å². The van der Waals surface area contributed by atoms with Crippen molar-refractivity contribution in [1.29, 1.82) is 0 Å². The highest BCUT2D eigenvalue weighted by Crippen LogP contribution is 2.04. The van der Waals surface area contributed by atoms with Crippen molar-refractivity contribution in [2.24, 2.45) is 0 Å². The van der Waals surface area contributed by atoms with Gasteiger partial charge in [-0.05, 0) is 25.3 Å². The summed E-state index contributed by atoms with van der Waals surface area (Å²) in [4.78, 5) is 24.4. The molecule has 0 aliphatic heterocycles. The Morgan fingerprint density at radius 3 is 2.57 bits per heavy atom. The van der Waals surface area contributed by atoms with E-state index >= 15 is 0 Å². The molecule has 0 bridgehead atoms. The highest BCUT2D eigenvalue weighted by molar-refractivity contribution is 5.81. The molecule has 1 aromatic carbocycles. The summed E-state index contributed by atoms with van der Waals surface area (Å²) in [7, 11) is 0. The van der Waals surface area contributed by atoms with E-state index in [-0.39, 0.29) is 12.5 Å². The average molecular weight is 293 g/mol. The van der Waals surface area contributed by atoms with Crippen molar-refractivity contribution in [3.63, 3.8) is 0 Å². The van der Waals surface area contributed by atoms with E-state index in [1.54, 1.807) is 0 Å². The molecule has 0 fully saturated rings. The summed E-state index contributed by atoms with van der Waals surface area (Å²) in [5.41, 5.74) is 1.09. The van der Waals surface area contributed by atoms with Gasteiger partial charge in [0.25, 0.3) is 0 Å². The maximum Gasteiger partial charge on any atom is 0.323 e. The van der Waals surface area contributed by atoms with Crippen LogP contribution in [-0.2, 0) is 20.7 Å². The maximum absolute atomic E-state index is 12.1. The molecule has 1 aromatic rings. The van der Waals surface area contributed by atoms with E-state index < -0.39 is 5.97 Å². The van der Waals surface area contributed by atoms with Crippen LogP contribution >= 0.6 is 0 Å². The lowest BCUT2D eigenvalue weighted by Gasteiger charge is -2.20. The zero-order chi connectivity index (χ0) is 15.5. The molecule has 0 atom stereocenters.